The van der Waals surface area contributed by atoms with Crippen LogP contribution >= 0.6 is 11.8 Å². The molecule has 0 spiro atoms. The molecule has 1 aromatic heterocycles. The first-order valence-electron chi connectivity index (χ1n) is 8.43. The van der Waals surface area contributed by atoms with Gasteiger partial charge in [-0.1, -0.05) is 17.9 Å². The number of rotatable bonds is 5. The summed E-state index contributed by atoms with van der Waals surface area (Å²) < 4.78 is 24.3. The number of anilines is 1. The van der Waals surface area contributed by atoms with Crippen LogP contribution in [0.4, 0.5) is 10.2 Å². The van der Waals surface area contributed by atoms with E-state index in [0.717, 1.165) is 16.8 Å². The molecule has 0 saturated carbocycles. The summed E-state index contributed by atoms with van der Waals surface area (Å²) in [7, 11) is 1.39. The van der Waals surface area contributed by atoms with Gasteiger partial charge in [0.05, 0.1) is 19.9 Å². The number of benzene rings is 1. The first-order valence-corrected chi connectivity index (χ1v) is 9.48. The van der Waals surface area contributed by atoms with Crippen molar-refractivity contribution in [3.05, 3.63) is 52.3 Å². The van der Waals surface area contributed by atoms with Gasteiger partial charge in [0.1, 0.15) is 17.4 Å². The maximum Gasteiger partial charge on any atom is 0.351 e. The Labute approximate surface area is 174 Å². The summed E-state index contributed by atoms with van der Waals surface area (Å²) in [5.41, 5.74) is 4.72. The van der Waals surface area contributed by atoms with Crippen LogP contribution in [-0.2, 0) is 9.53 Å². The SMILES string of the molecule is COc1cc(/C=C/C(=O)O)ccc1[O-].Nc1nc(=O)n([C@@H]2CS[C@H](CO)O2)cc1F. The molecule has 0 bridgehead atoms. The Balaban J connectivity index is 0.000000216. The van der Waals surface area contributed by atoms with Gasteiger partial charge < -0.3 is 30.5 Å². The Morgan fingerprint density at radius 1 is 1.57 bits per heavy atom. The molecule has 2 aromatic rings. The first kappa shape index (κ1) is 23.2. The Morgan fingerprint density at radius 2 is 2.30 bits per heavy atom. The summed E-state index contributed by atoms with van der Waals surface area (Å²) in [4.78, 5) is 25.0. The van der Waals surface area contributed by atoms with E-state index in [1.54, 1.807) is 0 Å². The third kappa shape index (κ3) is 6.20. The summed E-state index contributed by atoms with van der Waals surface area (Å²) >= 11 is 1.35. The average molecular weight is 440 g/mol. The molecule has 0 radical (unpaired) electrons. The van der Waals surface area contributed by atoms with Crippen LogP contribution in [0, 0.1) is 5.82 Å². The van der Waals surface area contributed by atoms with Gasteiger partial charge in [0.2, 0.25) is 0 Å². The number of carboxylic acids is 1. The summed E-state index contributed by atoms with van der Waals surface area (Å²) in [6.45, 7) is -0.152. The third-order valence-corrected chi connectivity index (χ3v) is 4.84. The number of nitrogens with two attached hydrogens (primary N) is 1. The molecule has 1 aliphatic rings. The van der Waals surface area contributed by atoms with Gasteiger partial charge in [0, 0.05) is 11.8 Å². The molecular formula is C18H19FN3O7S-. The van der Waals surface area contributed by atoms with Crippen LogP contribution in [0.2, 0.25) is 0 Å². The van der Waals surface area contributed by atoms with Crippen LogP contribution in [0.5, 0.6) is 11.5 Å². The van der Waals surface area contributed by atoms with E-state index in [1.165, 1.54) is 43.1 Å². The van der Waals surface area contributed by atoms with Crippen LogP contribution < -0.4 is 21.3 Å². The second kappa shape index (κ2) is 10.6. The van der Waals surface area contributed by atoms with E-state index >= 15 is 0 Å². The number of methoxy groups -OCH3 is 1. The molecule has 1 aliphatic heterocycles. The van der Waals surface area contributed by atoms with Crippen molar-refractivity contribution in [2.24, 2.45) is 0 Å². The molecule has 3 rings (SSSR count). The van der Waals surface area contributed by atoms with E-state index in [0.29, 0.717) is 11.3 Å². The quantitative estimate of drug-likeness (QED) is 0.556. The van der Waals surface area contributed by atoms with Gasteiger partial charge in [-0.05, 0) is 17.7 Å². The fraction of sp³-hybridized carbons (Fsp3) is 0.278. The number of halogens is 1. The maximum absolute atomic E-state index is 13.1. The molecule has 10 nitrogen and oxygen atoms in total. The minimum absolute atomic E-state index is 0.152. The number of carbonyl (C=O) groups is 1. The molecule has 162 valence electrons. The van der Waals surface area contributed by atoms with Crippen molar-refractivity contribution in [3.8, 4) is 11.5 Å². The van der Waals surface area contributed by atoms with E-state index in [1.807, 2.05) is 0 Å². The predicted octanol–water partition coefficient (Wildman–Crippen LogP) is 0.412. The number of aliphatic hydroxyl groups excluding tert-OH is 1. The molecule has 2 heterocycles. The molecule has 2 atom stereocenters. The van der Waals surface area contributed by atoms with Crippen molar-refractivity contribution in [1.29, 1.82) is 0 Å². The molecule has 0 aliphatic carbocycles. The highest BCUT2D eigenvalue weighted by molar-refractivity contribution is 8.00. The smallest absolute Gasteiger partial charge is 0.351 e. The van der Waals surface area contributed by atoms with E-state index < -0.39 is 35.0 Å². The lowest BCUT2D eigenvalue weighted by Crippen LogP contribution is -2.29. The third-order valence-electron chi connectivity index (χ3n) is 3.73. The molecule has 1 aromatic carbocycles. The Hall–Kier alpha value is -3.09. The highest BCUT2D eigenvalue weighted by atomic mass is 32.2. The topological polar surface area (TPSA) is 160 Å². The van der Waals surface area contributed by atoms with Gasteiger partial charge >= 0.3 is 11.7 Å². The fourth-order valence-corrected chi connectivity index (χ4v) is 3.24. The standard InChI is InChI=1S/C10H10O4.C8H10FN3O3S/c1-14-9-6-7(2-4-8(9)11)3-5-10(12)13;9-4-1-12(8(14)11-7(4)10)5-3-16-6(2-13)15-5/h2-6,11H,1H3,(H,12,13);1,5-6,13H,2-3H2,(H2,10,11,14)/p-1/b5-3+;/t;5-,6+/m.0/s1. The van der Waals surface area contributed by atoms with Crippen LogP contribution in [0.15, 0.2) is 35.3 Å². The number of nitrogens with zero attached hydrogens (tertiary/aromatic N) is 2. The minimum Gasteiger partial charge on any atom is -0.870 e. The molecule has 1 saturated heterocycles. The number of hydrogen-bond donors (Lipinski definition) is 3. The van der Waals surface area contributed by atoms with Gasteiger partial charge in [-0.25, -0.2) is 14.0 Å². The van der Waals surface area contributed by atoms with Gasteiger partial charge in [-0.2, -0.15) is 4.98 Å². The number of aliphatic carboxylic acids is 1. The molecule has 30 heavy (non-hydrogen) atoms. The van der Waals surface area contributed by atoms with Crippen LogP contribution in [0.3, 0.4) is 0 Å². The first-order chi connectivity index (χ1) is 14.2. The number of aliphatic hydroxyl groups is 1. The molecule has 4 N–H and O–H groups in total. The summed E-state index contributed by atoms with van der Waals surface area (Å²) in [5, 5.41) is 28.3. The van der Waals surface area contributed by atoms with Crippen LogP contribution in [0.25, 0.3) is 6.08 Å². The molecular weight excluding hydrogens is 421 g/mol. The lowest BCUT2D eigenvalue weighted by atomic mass is 10.2. The van der Waals surface area contributed by atoms with E-state index in [2.05, 4.69) is 4.98 Å². The van der Waals surface area contributed by atoms with Gasteiger partial charge in [-0.15, -0.1) is 11.8 Å². The zero-order valence-electron chi connectivity index (χ0n) is 15.7. The number of aromatic nitrogens is 2. The predicted molar refractivity (Wildman–Crippen MR) is 105 cm³/mol. The normalized spacial score (nSPS) is 18.1. The molecule has 0 unspecified atom stereocenters. The van der Waals surface area contributed by atoms with E-state index in [-0.39, 0.29) is 18.1 Å². The molecule has 0 amide bonds. The highest BCUT2D eigenvalue weighted by Gasteiger charge is 2.28. The Bertz CT molecular complexity index is 983. The number of ether oxygens (including phenoxy) is 2. The van der Waals surface area contributed by atoms with Crippen LogP contribution in [0.1, 0.15) is 11.8 Å². The maximum atomic E-state index is 13.1. The largest absolute Gasteiger partial charge is 0.870 e. The zero-order chi connectivity index (χ0) is 22.3. The Morgan fingerprint density at radius 3 is 2.90 bits per heavy atom. The number of hydrogen-bond acceptors (Lipinski definition) is 9. The lowest BCUT2D eigenvalue weighted by molar-refractivity contribution is -0.270. The number of thioether (sulfide) groups is 1. The van der Waals surface area contributed by atoms with Crippen molar-refractivity contribution in [3.63, 3.8) is 0 Å². The monoisotopic (exact) mass is 440 g/mol. The minimum atomic E-state index is -1.03. The van der Waals surface area contributed by atoms with Crippen molar-refractivity contribution in [2.45, 2.75) is 11.7 Å². The highest BCUT2D eigenvalue weighted by Crippen LogP contribution is 2.30. The summed E-state index contributed by atoms with van der Waals surface area (Å²) in [5.74, 6) is -1.78. The van der Waals surface area contributed by atoms with Crippen LogP contribution in [-0.4, -0.2) is 50.6 Å². The second-order valence-electron chi connectivity index (χ2n) is 5.78. The number of nitrogen functional groups attached to an aromatic ring is 1. The fourth-order valence-electron chi connectivity index (χ4n) is 2.30. The Kier molecular flexibility index (Phi) is 8.21. The summed E-state index contributed by atoms with van der Waals surface area (Å²) in [6, 6.07) is 4.35. The molecule has 12 heteroatoms. The molecule has 1 fully saturated rings. The van der Waals surface area contributed by atoms with Gasteiger partial charge in [0.25, 0.3) is 0 Å². The van der Waals surface area contributed by atoms with Crippen molar-refractivity contribution in [2.75, 3.05) is 25.2 Å². The summed E-state index contributed by atoms with van der Waals surface area (Å²) in [6.07, 6.45) is 2.75. The van der Waals surface area contributed by atoms with E-state index in [4.69, 9.17) is 25.4 Å². The van der Waals surface area contributed by atoms with Crippen molar-refractivity contribution >= 4 is 29.6 Å². The van der Waals surface area contributed by atoms with Gasteiger partial charge in [-0.3, -0.25) is 4.57 Å². The van der Waals surface area contributed by atoms with Gasteiger partial charge in [0.15, 0.2) is 11.6 Å². The average Bonchev–Trinajstić information content (AvgIpc) is 3.19. The lowest BCUT2D eigenvalue weighted by Gasteiger charge is -2.13. The number of carboxylic acid groups (broad SMARTS) is 1. The van der Waals surface area contributed by atoms with E-state index in [9.17, 15) is 19.1 Å². The van der Waals surface area contributed by atoms with Crippen molar-refractivity contribution < 1.29 is 34.0 Å². The second-order valence-corrected chi connectivity index (χ2v) is 6.97. The zero-order valence-corrected chi connectivity index (χ0v) is 16.5. The van der Waals surface area contributed by atoms with Crippen molar-refractivity contribution in [1.82, 2.24) is 9.55 Å².